The Hall–Kier alpha value is -0.500. The van der Waals surface area contributed by atoms with E-state index >= 15 is 0 Å². The first-order valence-electron chi connectivity index (χ1n) is 6.52. The summed E-state index contributed by atoms with van der Waals surface area (Å²) in [6.07, 6.45) is 6.25. The molecule has 0 radical (unpaired) electrons. The van der Waals surface area contributed by atoms with Crippen molar-refractivity contribution in [3.05, 3.63) is 12.3 Å². The van der Waals surface area contributed by atoms with Gasteiger partial charge in [-0.15, -0.1) is 0 Å². The third-order valence-electron chi connectivity index (χ3n) is 2.47. The van der Waals surface area contributed by atoms with Gasteiger partial charge in [0, 0.05) is 12.2 Å². The number of allylic oxidation sites excluding steroid dienone is 1. The molecule has 0 unspecified atom stereocenters. The fraction of sp³-hybridized carbons (Fsp3) is 0.857. The first-order valence-corrected chi connectivity index (χ1v) is 6.52. The van der Waals surface area contributed by atoms with Crippen LogP contribution in [0.4, 0.5) is 0 Å². The summed E-state index contributed by atoms with van der Waals surface area (Å²) in [7, 11) is 2.01. The van der Waals surface area contributed by atoms with E-state index in [1.165, 1.54) is 31.4 Å². The lowest BCUT2D eigenvalue weighted by Crippen LogP contribution is -2.18. The van der Waals surface area contributed by atoms with Gasteiger partial charge in [0.15, 0.2) is 0 Å². The normalized spacial score (nSPS) is 11.5. The van der Waals surface area contributed by atoms with Crippen molar-refractivity contribution in [3.63, 3.8) is 0 Å². The van der Waals surface area contributed by atoms with Gasteiger partial charge in [0.1, 0.15) is 0 Å². The summed E-state index contributed by atoms with van der Waals surface area (Å²) < 4.78 is 0. The molecule has 0 spiro atoms. The van der Waals surface area contributed by atoms with E-state index in [0.29, 0.717) is 5.41 Å². The lowest BCUT2D eigenvalue weighted by atomic mass is 9.91. The molecule has 0 fully saturated rings. The van der Waals surface area contributed by atoms with Gasteiger partial charge in [-0.1, -0.05) is 40.2 Å². The molecular weight excluding hydrogens is 196 g/mol. The van der Waals surface area contributed by atoms with Crippen molar-refractivity contribution in [3.8, 4) is 0 Å². The molecule has 0 aromatic rings. The molecule has 0 amide bonds. The molecule has 0 atom stereocenters. The predicted octanol–water partition coefficient (Wildman–Crippen LogP) is 3.31. The van der Waals surface area contributed by atoms with Crippen LogP contribution in [0.3, 0.4) is 0 Å². The third kappa shape index (κ3) is 11.6. The van der Waals surface area contributed by atoms with Crippen LogP contribution in [0.1, 0.15) is 52.9 Å². The highest BCUT2D eigenvalue weighted by Gasteiger charge is 2.11. The van der Waals surface area contributed by atoms with E-state index < -0.39 is 0 Å². The first-order chi connectivity index (χ1) is 7.45. The van der Waals surface area contributed by atoms with Gasteiger partial charge in [0.2, 0.25) is 0 Å². The molecule has 0 aromatic carbocycles. The van der Waals surface area contributed by atoms with Crippen molar-refractivity contribution in [2.75, 3.05) is 20.1 Å². The highest BCUT2D eigenvalue weighted by Crippen LogP contribution is 2.21. The van der Waals surface area contributed by atoms with Gasteiger partial charge < -0.3 is 10.6 Å². The SMILES string of the molecule is C=C(CC(C)(C)C)NCCCCCCNC. The summed E-state index contributed by atoms with van der Waals surface area (Å²) in [6, 6.07) is 0. The van der Waals surface area contributed by atoms with Crippen LogP contribution in [-0.2, 0) is 0 Å². The average molecular weight is 226 g/mol. The van der Waals surface area contributed by atoms with Crippen LogP contribution < -0.4 is 10.6 Å². The maximum atomic E-state index is 4.07. The van der Waals surface area contributed by atoms with Crippen LogP contribution in [-0.4, -0.2) is 20.1 Å². The lowest BCUT2D eigenvalue weighted by Gasteiger charge is -2.20. The van der Waals surface area contributed by atoms with Crippen molar-refractivity contribution >= 4 is 0 Å². The lowest BCUT2D eigenvalue weighted by molar-refractivity contribution is 0.398. The van der Waals surface area contributed by atoms with Crippen LogP contribution in [0.25, 0.3) is 0 Å². The maximum Gasteiger partial charge on any atom is 0.0143 e. The average Bonchev–Trinajstić information content (AvgIpc) is 2.13. The first kappa shape index (κ1) is 15.5. The Morgan fingerprint density at radius 3 is 2.06 bits per heavy atom. The summed E-state index contributed by atoms with van der Waals surface area (Å²) in [5.74, 6) is 0. The molecule has 0 saturated heterocycles. The summed E-state index contributed by atoms with van der Waals surface area (Å²) in [6.45, 7) is 13.0. The van der Waals surface area contributed by atoms with Gasteiger partial charge >= 0.3 is 0 Å². The number of nitrogens with one attached hydrogen (secondary N) is 2. The zero-order valence-corrected chi connectivity index (χ0v) is 11.7. The quantitative estimate of drug-likeness (QED) is 0.589. The molecule has 0 aliphatic rings. The molecule has 2 N–H and O–H groups in total. The third-order valence-corrected chi connectivity index (χ3v) is 2.47. The zero-order chi connectivity index (χ0) is 12.4. The van der Waals surface area contributed by atoms with Gasteiger partial charge in [-0.25, -0.2) is 0 Å². The summed E-state index contributed by atoms with van der Waals surface area (Å²) in [5.41, 5.74) is 1.53. The zero-order valence-electron chi connectivity index (χ0n) is 11.7. The highest BCUT2D eigenvalue weighted by atomic mass is 14.9. The smallest absolute Gasteiger partial charge is 0.0143 e. The number of rotatable bonds is 9. The van der Waals surface area contributed by atoms with Crippen LogP contribution >= 0.6 is 0 Å². The minimum absolute atomic E-state index is 0.344. The Morgan fingerprint density at radius 1 is 1.00 bits per heavy atom. The second kappa shape index (κ2) is 8.63. The summed E-state index contributed by atoms with van der Waals surface area (Å²) >= 11 is 0. The van der Waals surface area contributed by atoms with Crippen molar-refractivity contribution in [2.45, 2.75) is 52.9 Å². The molecule has 0 aromatic heterocycles. The topological polar surface area (TPSA) is 24.1 Å². The van der Waals surface area contributed by atoms with Crippen molar-refractivity contribution in [1.29, 1.82) is 0 Å². The van der Waals surface area contributed by atoms with Crippen LogP contribution in [0.5, 0.6) is 0 Å². The fourth-order valence-electron chi connectivity index (χ4n) is 1.75. The molecule has 0 aliphatic carbocycles. The Morgan fingerprint density at radius 2 is 1.56 bits per heavy atom. The predicted molar refractivity (Wildman–Crippen MR) is 73.6 cm³/mol. The maximum absolute atomic E-state index is 4.07. The van der Waals surface area contributed by atoms with E-state index in [9.17, 15) is 0 Å². The Kier molecular flexibility index (Phi) is 8.36. The van der Waals surface area contributed by atoms with Crippen molar-refractivity contribution in [2.24, 2.45) is 5.41 Å². The standard InChI is InChI=1S/C14H30N2/c1-13(12-14(2,3)4)16-11-9-7-6-8-10-15-5/h15-16H,1,6-12H2,2-5H3. The van der Waals surface area contributed by atoms with E-state index in [1.54, 1.807) is 0 Å². The Bertz CT molecular complexity index is 180. The summed E-state index contributed by atoms with van der Waals surface area (Å²) in [4.78, 5) is 0. The molecule has 0 aliphatic heterocycles. The van der Waals surface area contributed by atoms with E-state index in [-0.39, 0.29) is 0 Å². The molecular formula is C14H30N2. The van der Waals surface area contributed by atoms with E-state index in [0.717, 1.165) is 19.5 Å². The molecule has 0 bridgehead atoms. The highest BCUT2D eigenvalue weighted by molar-refractivity contribution is 4.94. The van der Waals surface area contributed by atoms with Crippen LogP contribution in [0.15, 0.2) is 12.3 Å². The van der Waals surface area contributed by atoms with Crippen LogP contribution in [0.2, 0.25) is 0 Å². The van der Waals surface area contributed by atoms with Gasteiger partial charge in [-0.2, -0.15) is 0 Å². The van der Waals surface area contributed by atoms with Crippen LogP contribution in [0, 0.1) is 5.41 Å². The Balaban J connectivity index is 3.28. The second-order valence-electron chi connectivity index (χ2n) is 5.79. The largest absolute Gasteiger partial charge is 0.389 e. The van der Waals surface area contributed by atoms with Gasteiger partial charge in [-0.05, 0) is 38.3 Å². The van der Waals surface area contributed by atoms with Crippen molar-refractivity contribution in [1.82, 2.24) is 10.6 Å². The van der Waals surface area contributed by atoms with E-state index in [2.05, 4.69) is 38.0 Å². The number of hydrogen-bond donors (Lipinski definition) is 2. The minimum atomic E-state index is 0.344. The molecule has 16 heavy (non-hydrogen) atoms. The molecule has 2 heteroatoms. The van der Waals surface area contributed by atoms with Gasteiger partial charge in [-0.3, -0.25) is 0 Å². The monoisotopic (exact) mass is 226 g/mol. The van der Waals surface area contributed by atoms with Crippen molar-refractivity contribution < 1.29 is 0 Å². The number of unbranched alkanes of at least 4 members (excludes halogenated alkanes) is 3. The summed E-state index contributed by atoms with van der Waals surface area (Å²) in [5, 5.41) is 6.59. The molecule has 0 saturated carbocycles. The van der Waals surface area contributed by atoms with E-state index in [1.807, 2.05) is 7.05 Å². The molecule has 96 valence electrons. The molecule has 0 heterocycles. The molecule has 0 rings (SSSR count). The fourth-order valence-corrected chi connectivity index (χ4v) is 1.75. The van der Waals surface area contributed by atoms with Gasteiger partial charge in [0.05, 0.1) is 0 Å². The number of hydrogen-bond acceptors (Lipinski definition) is 2. The second-order valence-corrected chi connectivity index (χ2v) is 5.79. The molecule has 2 nitrogen and oxygen atoms in total. The van der Waals surface area contributed by atoms with Gasteiger partial charge in [0.25, 0.3) is 0 Å². The van der Waals surface area contributed by atoms with E-state index in [4.69, 9.17) is 0 Å². The Labute approximate surface area is 102 Å². The minimum Gasteiger partial charge on any atom is -0.389 e.